The van der Waals surface area contributed by atoms with Gasteiger partial charge in [0.25, 0.3) is 0 Å². The second-order valence-electron chi connectivity index (χ2n) is 4.30. The average Bonchev–Trinajstić information content (AvgIpc) is 2.46. The lowest BCUT2D eigenvalue weighted by Gasteiger charge is -2.30. The van der Waals surface area contributed by atoms with Crippen molar-refractivity contribution < 1.29 is 4.74 Å². The molecule has 2 nitrogen and oxygen atoms in total. The van der Waals surface area contributed by atoms with Gasteiger partial charge in [0.1, 0.15) is 5.75 Å². The molecule has 2 unspecified atom stereocenters. The van der Waals surface area contributed by atoms with Crippen LogP contribution in [0, 0.1) is 0 Å². The minimum absolute atomic E-state index is 0.433. The van der Waals surface area contributed by atoms with Crippen molar-refractivity contribution in [3.05, 3.63) is 29.8 Å². The third-order valence-electron chi connectivity index (χ3n) is 3.09. The van der Waals surface area contributed by atoms with Crippen LogP contribution in [0.15, 0.2) is 24.3 Å². The van der Waals surface area contributed by atoms with Gasteiger partial charge in [-0.25, -0.2) is 0 Å². The molecule has 0 radical (unpaired) electrons. The molecular formula is C14H21NOS2. The summed E-state index contributed by atoms with van der Waals surface area (Å²) in [6.07, 6.45) is 0. The molecule has 2 atom stereocenters. The quantitative estimate of drug-likeness (QED) is 0.895. The van der Waals surface area contributed by atoms with Gasteiger partial charge in [-0.1, -0.05) is 19.1 Å². The predicted octanol–water partition coefficient (Wildman–Crippen LogP) is 3.19. The van der Waals surface area contributed by atoms with Crippen LogP contribution in [0.3, 0.4) is 0 Å². The molecule has 0 spiro atoms. The number of ether oxygens (including phenoxy) is 1. The SMILES string of the molecule is CCNC(c1cccc(OC)c1)C1CSCCS1. The third-order valence-corrected chi connectivity index (χ3v) is 5.95. The summed E-state index contributed by atoms with van der Waals surface area (Å²) < 4.78 is 5.33. The Bertz CT molecular complexity index is 367. The van der Waals surface area contributed by atoms with Crippen molar-refractivity contribution in [2.24, 2.45) is 0 Å². The van der Waals surface area contributed by atoms with Crippen molar-refractivity contribution in [2.45, 2.75) is 18.2 Å². The molecule has 0 bridgehead atoms. The van der Waals surface area contributed by atoms with E-state index in [0.29, 0.717) is 11.3 Å². The van der Waals surface area contributed by atoms with E-state index >= 15 is 0 Å². The van der Waals surface area contributed by atoms with Gasteiger partial charge in [-0.2, -0.15) is 23.5 Å². The van der Waals surface area contributed by atoms with Crippen LogP contribution in [0.2, 0.25) is 0 Å². The van der Waals surface area contributed by atoms with E-state index in [9.17, 15) is 0 Å². The monoisotopic (exact) mass is 283 g/mol. The Morgan fingerprint density at radius 2 is 2.33 bits per heavy atom. The Kier molecular flexibility index (Phi) is 5.73. The summed E-state index contributed by atoms with van der Waals surface area (Å²) in [5.74, 6) is 4.74. The largest absolute Gasteiger partial charge is 0.497 e. The smallest absolute Gasteiger partial charge is 0.119 e. The number of benzene rings is 1. The van der Waals surface area contributed by atoms with Crippen LogP contribution in [0.4, 0.5) is 0 Å². The van der Waals surface area contributed by atoms with Crippen LogP contribution in [0.1, 0.15) is 18.5 Å². The summed E-state index contributed by atoms with van der Waals surface area (Å²) in [5.41, 5.74) is 1.34. The summed E-state index contributed by atoms with van der Waals surface area (Å²) in [6, 6.07) is 8.89. The predicted molar refractivity (Wildman–Crippen MR) is 83.0 cm³/mol. The first-order chi connectivity index (χ1) is 8.85. The van der Waals surface area contributed by atoms with Gasteiger partial charge >= 0.3 is 0 Å². The first-order valence-corrected chi connectivity index (χ1v) is 8.62. The van der Waals surface area contributed by atoms with Crippen LogP contribution < -0.4 is 10.1 Å². The number of hydrogen-bond acceptors (Lipinski definition) is 4. The molecule has 1 fully saturated rings. The molecule has 1 saturated heterocycles. The van der Waals surface area contributed by atoms with Gasteiger partial charge in [0.2, 0.25) is 0 Å². The molecule has 1 N–H and O–H groups in total. The van der Waals surface area contributed by atoms with E-state index in [2.05, 4.69) is 54.0 Å². The Balaban J connectivity index is 2.16. The molecule has 1 aromatic carbocycles. The maximum Gasteiger partial charge on any atom is 0.119 e. The molecule has 1 aromatic rings. The molecule has 0 saturated carbocycles. The maximum absolute atomic E-state index is 5.33. The summed E-state index contributed by atoms with van der Waals surface area (Å²) in [5, 5.41) is 4.29. The molecule has 1 heterocycles. The first-order valence-electron chi connectivity index (χ1n) is 6.42. The first kappa shape index (κ1) is 14.1. The molecule has 1 aliphatic heterocycles. The van der Waals surface area contributed by atoms with Crippen molar-refractivity contribution in [1.29, 1.82) is 0 Å². The van der Waals surface area contributed by atoms with E-state index in [-0.39, 0.29) is 0 Å². The molecule has 2 rings (SSSR count). The van der Waals surface area contributed by atoms with Gasteiger partial charge in [-0.05, 0) is 24.2 Å². The van der Waals surface area contributed by atoms with Crippen molar-refractivity contribution in [1.82, 2.24) is 5.32 Å². The molecule has 0 amide bonds. The van der Waals surface area contributed by atoms with Crippen molar-refractivity contribution >= 4 is 23.5 Å². The van der Waals surface area contributed by atoms with Gasteiger partial charge in [-0.15, -0.1) is 0 Å². The summed E-state index contributed by atoms with van der Waals surface area (Å²) in [6.45, 7) is 3.18. The average molecular weight is 283 g/mol. The minimum Gasteiger partial charge on any atom is -0.497 e. The van der Waals surface area contributed by atoms with Crippen molar-refractivity contribution in [3.8, 4) is 5.75 Å². The van der Waals surface area contributed by atoms with Crippen LogP contribution in [0.5, 0.6) is 5.75 Å². The molecule has 0 aromatic heterocycles. The van der Waals surface area contributed by atoms with E-state index in [0.717, 1.165) is 12.3 Å². The molecule has 18 heavy (non-hydrogen) atoms. The molecule has 100 valence electrons. The molecule has 4 heteroatoms. The fourth-order valence-electron chi connectivity index (χ4n) is 2.22. The van der Waals surface area contributed by atoms with Gasteiger partial charge < -0.3 is 10.1 Å². The highest BCUT2D eigenvalue weighted by molar-refractivity contribution is 8.06. The topological polar surface area (TPSA) is 21.3 Å². The zero-order chi connectivity index (χ0) is 12.8. The highest BCUT2D eigenvalue weighted by atomic mass is 32.2. The highest BCUT2D eigenvalue weighted by Crippen LogP contribution is 2.34. The second kappa shape index (κ2) is 7.31. The van der Waals surface area contributed by atoms with Gasteiger partial charge in [0.15, 0.2) is 0 Å². The summed E-state index contributed by atoms with van der Waals surface area (Å²) in [4.78, 5) is 0. The lowest BCUT2D eigenvalue weighted by molar-refractivity contribution is 0.413. The van der Waals surface area contributed by atoms with Crippen LogP contribution in [-0.2, 0) is 0 Å². The Morgan fingerprint density at radius 3 is 3.00 bits per heavy atom. The van der Waals surface area contributed by atoms with Crippen LogP contribution in [-0.4, -0.2) is 36.2 Å². The molecular weight excluding hydrogens is 262 g/mol. The lowest BCUT2D eigenvalue weighted by Crippen LogP contribution is -2.33. The third kappa shape index (κ3) is 3.59. The molecule has 1 aliphatic rings. The van der Waals surface area contributed by atoms with Gasteiger partial charge in [0.05, 0.1) is 7.11 Å². The van der Waals surface area contributed by atoms with Gasteiger partial charge in [-0.3, -0.25) is 0 Å². The second-order valence-corrected chi connectivity index (χ2v) is 6.79. The van der Waals surface area contributed by atoms with E-state index in [1.807, 2.05) is 6.07 Å². The van der Waals surface area contributed by atoms with Crippen molar-refractivity contribution in [3.63, 3.8) is 0 Å². The fraction of sp³-hybridized carbons (Fsp3) is 0.571. The van der Waals surface area contributed by atoms with E-state index in [4.69, 9.17) is 4.74 Å². The number of thioether (sulfide) groups is 2. The van der Waals surface area contributed by atoms with Crippen LogP contribution >= 0.6 is 23.5 Å². The Hall–Kier alpha value is -0.320. The zero-order valence-corrected chi connectivity index (χ0v) is 12.7. The number of nitrogens with one attached hydrogen (secondary N) is 1. The summed E-state index contributed by atoms with van der Waals surface area (Å²) >= 11 is 4.17. The normalized spacial score (nSPS) is 21.6. The number of hydrogen-bond donors (Lipinski definition) is 1. The van der Waals surface area contributed by atoms with E-state index in [1.165, 1.54) is 22.8 Å². The molecule has 0 aliphatic carbocycles. The highest BCUT2D eigenvalue weighted by Gasteiger charge is 2.25. The van der Waals surface area contributed by atoms with Gasteiger partial charge in [0, 0.05) is 28.6 Å². The van der Waals surface area contributed by atoms with Crippen LogP contribution in [0.25, 0.3) is 0 Å². The number of rotatable bonds is 5. The van der Waals surface area contributed by atoms with E-state index in [1.54, 1.807) is 7.11 Å². The van der Waals surface area contributed by atoms with Crippen molar-refractivity contribution in [2.75, 3.05) is 30.9 Å². The fourth-order valence-corrected chi connectivity index (χ4v) is 5.09. The lowest BCUT2D eigenvalue weighted by atomic mass is 10.0. The minimum atomic E-state index is 0.433. The Morgan fingerprint density at radius 1 is 1.44 bits per heavy atom. The maximum atomic E-state index is 5.33. The summed E-state index contributed by atoms with van der Waals surface area (Å²) in [7, 11) is 1.73. The zero-order valence-electron chi connectivity index (χ0n) is 11.0. The standard InChI is InChI=1S/C14H21NOS2/c1-3-15-14(13-10-17-7-8-18-13)11-5-4-6-12(9-11)16-2/h4-6,9,13-15H,3,7-8,10H2,1-2H3. The van der Waals surface area contributed by atoms with E-state index < -0.39 is 0 Å². The number of methoxy groups -OCH3 is 1. The Labute approximate surface area is 118 Å².